The molecule has 2 aromatic carbocycles. The van der Waals surface area contributed by atoms with Crippen LogP contribution >= 0.6 is 50.1 Å². The van der Waals surface area contributed by atoms with Crippen molar-refractivity contribution in [3.05, 3.63) is 66.2 Å². The fraction of sp³-hybridized carbons (Fsp3) is 0.0769. The van der Waals surface area contributed by atoms with Gasteiger partial charge >= 0.3 is 0 Å². The molecule has 1 unspecified atom stereocenters. The monoisotopic (exact) mass is 458 g/mol. The highest BCUT2D eigenvalue weighted by Crippen LogP contribution is 2.34. The third kappa shape index (κ3) is 3.26. The van der Waals surface area contributed by atoms with Crippen molar-refractivity contribution in [1.82, 2.24) is 0 Å². The van der Waals surface area contributed by atoms with Gasteiger partial charge in [0.15, 0.2) is 11.6 Å². The van der Waals surface area contributed by atoms with Crippen molar-refractivity contribution in [3.8, 4) is 0 Å². The Labute approximate surface area is 135 Å². The average Bonchev–Trinajstić information content (AvgIpc) is 2.36. The van der Waals surface area contributed by atoms with Crippen LogP contribution in [0, 0.1) is 15.2 Å². The predicted molar refractivity (Wildman–Crippen MR) is 82.3 cm³/mol. The van der Waals surface area contributed by atoms with Crippen LogP contribution in [0.25, 0.3) is 0 Å². The van der Waals surface area contributed by atoms with Crippen LogP contribution in [0.2, 0.25) is 5.02 Å². The van der Waals surface area contributed by atoms with Gasteiger partial charge in [0.25, 0.3) is 0 Å². The molecule has 2 aromatic rings. The summed E-state index contributed by atoms with van der Waals surface area (Å²) in [6.45, 7) is 0. The third-order valence-corrected chi connectivity index (χ3v) is 4.31. The van der Waals surface area contributed by atoms with Gasteiger partial charge in [-0.3, -0.25) is 0 Å². The molecule has 1 atom stereocenters. The first-order chi connectivity index (χ1) is 8.90. The number of rotatable bonds is 2. The van der Waals surface area contributed by atoms with Gasteiger partial charge in [-0.25, -0.2) is 8.78 Å². The Kier molecular flexibility index (Phi) is 4.81. The lowest BCUT2D eigenvalue weighted by molar-refractivity contribution is 0.219. The van der Waals surface area contributed by atoms with E-state index in [1.807, 2.05) is 6.07 Å². The summed E-state index contributed by atoms with van der Waals surface area (Å²) in [6.07, 6.45) is -1.13. The first-order valence-electron chi connectivity index (χ1n) is 5.17. The van der Waals surface area contributed by atoms with Crippen molar-refractivity contribution in [3.63, 3.8) is 0 Å². The molecule has 2 rings (SSSR count). The van der Waals surface area contributed by atoms with E-state index in [1.54, 1.807) is 12.1 Å². The smallest absolute Gasteiger partial charge is 0.160 e. The fourth-order valence-electron chi connectivity index (χ4n) is 1.64. The number of aliphatic hydroxyl groups excluding tert-OH is 1. The lowest BCUT2D eigenvalue weighted by Crippen LogP contribution is -2.03. The van der Waals surface area contributed by atoms with Gasteiger partial charge < -0.3 is 5.11 Å². The highest BCUT2D eigenvalue weighted by molar-refractivity contribution is 14.1. The number of hydrogen-bond donors (Lipinski definition) is 1. The van der Waals surface area contributed by atoms with E-state index in [4.69, 9.17) is 11.6 Å². The van der Waals surface area contributed by atoms with E-state index in [-0.39, 0.29) is 10.6 Å². The normalized spacial score (nSPS) is 12.5. The summed E-state index contributed by atoms with van der Waals surface area (Å²) in [7, 11) is 0. The minimum Gasteiger partial charge on any atom is -0.384 e. The second-order valence-electron chi connectivity index (χ2n) is 3.86. The second-order valence-corrected chi connectivity index (χ2v) is 6.36. The molecule has 6 heteroatoms. The SMILES string of the molecule is OC(c1cc(F)c(F)cc1Cl)c1cc(I)ccc1Br. The quantitative estimate of drug-likeness (QED) is 0.491. The first kappa shape index (κ1) is 15.2. The second kappa shape index (κ2) is 6.03. The van der Waals surface area contributed by atoms with Crippen LogP contribution < -0.4 is 0 Å². The molecule has 0 aliphatic rings. The molecule has 1 nitrogen and oxygen atoms in total. The molecule has 19 heavy (non-hydrogen) atoms. The Morgan fingerprint density at radius 2 is 1.74 bits per heavy atom. The van der Waals surface area contributed by atoms with E-state index < -0.39 is 17.7 Å². The highest BCUT2D eigenvalue weighted by Gasteiger charge is 2.19. The van der Waals surface area contributed by atoms with Crippen LogP contribution in [-0.4, -0.2) is 5.11 Å². The molecule has 1 N–H and O–H groups in total. The van der Waals surface area contributed by atoms with Crippen molar-refractivity contribution < 1.29 is 13.9 Å². The largest absolute Gasteiger partial charge is 0.384 e. The topological polar surface area (TPSA) is 20.2 Å². The van der Waals surface area contributed by atoms with E-state index in [0.29, 0.717) is 10.0 Å². The molecule has 0 saturated carbocycles. The van der Waals surface area contributed by atoms with Crippen molar-refractivity contribution in [2.75, 3.05) is 0 Å². The van der Waals surface area contributed by atoms with Crippen molar-refractivity contribution in [1.29, 1.82) is 0 Å². The van der Waals surface area contributed by atoms with E-state index in [0.717, 1.165) is 15.7 Å². The molecule has 0 heterocycles. The summed E-state index contributed by atoms with van der Waals surface area (Å²) in [5, 5.41) is 10.3. The van der Waals surface area contributed by atoms with Gasteiger partial charge in [0, 0.05) is 24.2 Å². The van der Waals surface area contributed by atoms with Crippen LogP contribution in [0.3, 0.4) is 0 Å². The van der Waals surface area contributed by atoms with E-state index in [1.165, 1.54) is 0 Å². The Hall–Kier alpha value is -0.240. The van der Waals surface area contributed by atoms with E-state index in [9.17, 15) is 13.9 Å². The summed E-state index contributed by atoms with van der Waals surface area (Å²) >= 11 is 11.3. The number of hydrogen-bond acceptors (Lipinski definition) is 1. The third-order valence-electron chi connectivity index (χ3n) is 2.59. The van der Waals surface area contributed by atoms with Gasteiger partial charge in [-0.2, -0.15) is 0 Å². The molecular formula is C13H7BrClF2IO. The maximum Gasteiger partial charge on any atom is 0.160 e. The predicted octanol–water partition coefficient (Wildman–Crippen LogP) is 5.07. The summed E-state index contributed by atoms with van der Waals surface area (Å²) in [4.78, 5) is 0. The number of benzene rings is 2. The number of aliphatic hydroxyl groups is 1. The van der Waals surface area contributed by atoms with Crippen molar-refractivity contribution >= 4 is 50.1 Å². The summed E-state index contributed by atoms with van der Waals surface area (Å²) < 4.78 is 27.9. The van der Waals surface area contributed by atoms with Crippen LogP contribution in [0.4, 0.5) is 8.78 Å². The van der Waals surface area contributed by atoms with Gasteiger partial charge in [0.2, 0.25) is 0 Å². The Balaban J connectivity index is 2.52. The maximum atomic E-state index is 13.3. The lowest BCUT2D eigenvalue weighted by Gasteiger charge is -2.15. The van der Waals surface area contributed by atoms with E-state index >= 15 is 0 Å². The first-order valence-corrected chi connectivity index (χ1v) is 7.42. The minimum atomic E-state index is -1.13. The van der Waals surface area contributed by atoms with Crippen LogP contribution in [0.1, 0.15) is 17.2 Å². The Morgan fingerprint density at radius 1 is 1.11 bits per heavy atom. The molecule has 0 bridgehead atoms. The summed E-state index contributed by atoms with van der Waals surface area (Å²) in [5.74, 6) is -2.08. The Morgan fingerprint density at radius 3 is 2.42 bits per heavy atom. The molecule has 0 saturated heterocycles. The molecule has 0 radical (unpaired) electrons. The molecular weight excluding hydrogens is 452 g/mol. The van der Waals surface area contributed by atoms with E-state index in [2.05, 4.69) is 38.5 Å². The zero-order chi connectivity index (χ0) is 14.2. The molecule has 0 amide bonds. The molecule has 0 aliphatic heterocycles. The lowest BCUT2D eigenvalue weighted by atomic mass is 10.0. The van der Waals surface area contributed by atoms with Gasteiger partial charge in [-0.15, -0.1) is 0 Å². The van der Waals surface area contributed by atoms with Crippen molar-refractivity contribution in [2.45, 2.75) is 6.10 Å². The zero-order valence-electron chi connectivity index (χ0n) is 9.30. The van der Waals surface area contributed by atoms with Gasteiger partial charge in [-0.1, -0.05) is 27.5 Å². The molecule has 0 fully saturated rings. The van der Waals surface area contributed by atoms with Crippen LogP contribution in [0.5, 0.6) is 0 Å². The van der Waals surface area contributed by atoms with Gasteiger partial charge in [0.05, 0.1) is 0 Å². The van der Waals surface area contributed by atoms with Crippen molar-refractivity contribution in [2.24, 2.45) is 0 Å². The molecule has 0 spiro atoms. The summed E-state index contributed by atoms with van der Waals surface area (Å²) in [5.41, 5.74) is 0.670. The fourth-order valence-corrected chi connectivity index (χ4v) is 2.87. The molecule has 0 aliphatic carbocycles. The minimum absolute atomic E-state index is 0.0165. The van der Waals surface area contributed by atoms with Gasteiger partial charge in [0.1, 0.15) is 6.10 Å². The standard InChI is InChI=1S/C13H7BrClF2IO/c14-9-2-1-6(18)3-7(9)13(19)8-4-11(16)12(17)5-10(8)15/h1-5,13,19H. The van der Waals surface area contributed by atoms with Gasteiger partial charge in [-0.05, 0) is 52.9 Å². The summed E-state index contributed by atoms with van der Waals surface area (Å²) in [6, 6.07) is 7.14. The number of halogens is 5. The molecule has 100 valence electrons. The zero-order valence-corrected chi connectivity index (χ0v) is 13.8. The van der Waals surface area contributed by atoms with Crippen LogP contribution in [-0.2, 0) is 0 Å². The Bertz CT molecular complexity index is 636. The maximum absolute atomic E-state index is 13.3. The highest BCUT2D eigenvalue weighted by atomic mass is 127. The average molecular weight is 459 g/mol. The van der Waals surface area contributed by atoms with Crippen LogP contribution in [0.15, 0.2) is 34.8 Å². The molecule has 0 aromatic heterocycles.